The van der Waals surface area contributed by atoms with Crippen molar-refractivity contribution in [2.75, 3.05) is 13.1 Å². The fourth-order valence-corrected chi connectivity index (χ4v) is 3.93. The Morgan fingerprint density at radius 3 is 2.96 bits per heavy atom. The van der Waals surface area contributed by atoms with Crippen LogP contribution in [0.4, 0.5) is 0 Å². The van der Waals surface area contributed by atoms with Gasteiger partial charge in [0.15, 0.2) is 0 Å². The van der Waals surface area contributed by atoms with Crippen LogP contribution in [-0.2, 0) is 13.6 Å². The number of hydrogen-bond donors (Lipinski definition) is 0. The van der Waals surface area contributed by atoms with Gasteiger partial charge in [-0.05, 0) is 30.4 Å². The summed E-state index contributed by atoms with van der Waals surface area (Å²) in [7, 11) is 1.96. The number of rotatable bonds is 4. The van der Waals surface area contributed by atoms with Gasteiger partial charge in [0.1, 0.15) is 11.9 Å². The second-order valence-electron chi connectivity index (χ2n) is 6.06. The lowest BCUT2D eigenvalue weighted by atomic mass is 10.1. The molecule has 0 spiro atoms. The van der Waals surface area contributed by atoms with E-state index < -0.39 is 0 Å². The third-order valence-electron chi connectivity index (χ3n) is 4.30. The SMILES string of the molecule is Cn1cc(CN2CCC(Oc3ccnc4ccsc34)CC2)cn1. The van der Waals surface area contributed by atoms with Crippen LogP contribution in [0, 0.1) is 0 Å². The second kappa shape index (κ2) is 6.29. The third-order valence-corrected chi connectivity index (χ3v) is 5.22. The molecule has 6 heteroatoms. The van der Waals surface area contributed by atoms with E-state index in [1.165, 1.54) is 5.56 Å². The van der Waals surface area contributed by atoms with Gasteiger partial charge < -0.3 is 4.74 Å². The molecule has 0 aliphatic carbocycles. The van der Waals surface area contributed by atoms with Crippen molar-refractivity contribution in [2.45, 2.75) is 25.5 Å². The maximum absolute atomic E-state index is 6.26. The van der Waals surface area contributed by atoms with Crippen molar-refractivity contribution in [3.8, 4) is 5.75 Å². The largest absolute Gasteiger partial charge is 0.489 e. The minimum Gasteiger partial charge on any atom is -0.489 e. The number of fused-ring (bicyclic) bond motifs is 1. The molecule has 23 heavy (non-hydrogen) atoms. The molecule has 4 heterocycles. The number of pyridine rings is 1. The van der Waals surface area contributed by atoms with E-state index in [2.05, 4.69) is 26.6 Å². The average Bonchev–Trinajstić information content (AvgIpc) is 3.19. The molecular weight excluding hydrogens is 308 g/mol. The third kappa shape index (κ3) is 3.23. The van der Waals surface area contributed by atoms with Gasteiger partial charge in [0.2, 0.25) is 0 Å². The monoisotopic (exact) mass is 328 g/mol. The van der Waals surface area contributed by atoms with Crippen LogP contribution in [0.15, 0.2) is 36.1 Å². The summed E-state index contributed by atoms with van der Waals surface area (Å²) < 4.78 is 9.28. The van der Waals surface area contributed by atoms with E-state index in [1.807, 2.05) is 36.3 Å². The molecule has 5 nitrogen and oxygen atoms in total. The molecule has 0 amide bonds. The second-order valence-corrected chi connectivity index (χ2v) is 6.98. The van der Waals surface area contributed by atoms with Gasteiger partial charge in [-0.2, -0.15) is 5.10 Å². The molecule has 0 bridgehead atoms. The maximum atomic E-state index is 6.26. The summed E-state index contributed by atoms with van der Waals surface area (Å²) in [4.78, 5) is 6.85. The molecule has 0 saturated carbocycles. The standard InChI is InChI=1S/C17H20N4OS/c1-20-11-13(10-19-20)12-21-7-3-14(4-8-21)22-16-2-6-18-15-5-9-23-17(15)16/h2,5-6,9-11,14H,3-4,7-8,12H2,1H3. The van der Waals surface area contributed by atoms with Gasteiger partial charge in [-0.1, -0.05) is 0 Å². The van der Waals surface area contributed by atoms with E-state index in [9.17, 15) is 0 Å². The Bertz CT molecular complexity index is 789. The zero-order valence-corrected chi connectivity index (χ0v) is 14.0. The molecular formula is C17H20N4OS. The van der Waals surface area contributed by atoms with Crippen molar-refractivity contribution in [2.24, 2.45) is 7.05 Å². The van der Waals surface area contributed by atoms with Crippen molar-refractivity contribution in [1.29, 1.82) is 0 Å². The first-order chi connectivity index (χ1) is 11.3. The summed E-state index contributed by atoms with van der Waals surface area (Å²) >= 11 is 1.70. The Morgan fingerprint density at radius 1 is 1.30 bits per heavy atom. The van der Waals surface area contributed by atoms with E-state index in [0.29, 0.717) is 6.10 Å². The van der Waals surface area contributed by atoms with E-state index in [0.717, 1.165) is 48.4 Å². The Kier molecular flexibility index (Phi) is 4.01. The highest BCUT2D eigenvalue weighted by molar-refractivity contribution is 7.17. The number of ether oxygens (including phenoxy) is 1. The van der Waals surface area contributed by atoms with Gasteiger partial charge in [-0.15, -0.1) is 11.3 Å². The minimum absolute atomic E-state index is 0.299. The van der Waals surface area contributed by atoms with E-state index in [-0.39, 0.29) is 0 Å². The number of aromatic nitrogens is 3. The molecule has 0 atom stereocenters. The van der Waals surface area contributed by atoms with Crippen LogP contribution in [0.3, 0.4) is 0 Å². The molecule has 4 rings (SSSR count). The quantitative estimate of drug-likeness (QED) is 0.738. The number of nitrogens with zero attached hydrogens (tertiary/aromatic N) is 4. The molecule has 3 aromatic rings. The summed E-state index contributed by atoms with van der Waals surface area (Å²) in [6, 6.07) is 4.03. The predicted octanol–water partition coefficient (Wildman–Crippen LogP) is 3.07. The van der Waals surface area contributed by atoms with Gasteiger partial charge in [0.25, 0.3) is 0 Å². The molecule has 3 aromatic heterocycles. The highest BCUT2D eigenvalue weighted by Crippen LogP contribution is 2.31. The van der Waals surface area contributed by atoms with Crippen LogP contribution < -0.4 is 4.74 Å². The predicted molar refractivity (Wildman–Crippen MR) is 91.8 cm³/mol. The number of thiophene rings is 1. The summed E-state index contributed by atoms with van der Waals surface area (Å²) in [5.74, 6) is 0.982. The lowest BCUT2D eigenvalue weighted by Crippen LogP contribution is -2.37. The van der Waals surface area contributed by atoms with Crippen LogP contribution >= 0.6 is 11.3 Å². The fourth-order valence-electron chi connectivity index (χ4n) is 3.12. The molecule has 1 aliphatic heterocycles. The van der Waals surface area contributed by atoms with Crippen LogP contribution in [-0.4, -0.2) is 38.9 Å². The van der Waals surface area contributed by atoms with Crippen LogP contribution in [0.25, 0.3) is 10.2 Å². The van der Waals surface area contributed by atoms with Gasteiger partial charge in [-0.3, -0.25) is 14.6 Å². The zero-order valence-electron chi connectivity index (χ0n) is 13.2. The van der Waals surface area contributed by atoms with E-state index in [4.69, 9.17) is 4.74 Å². The molecule has 1 saturated heterocycles. The van der Waals surface area contributed by atoms with Gasteiger partial charge in [0.05, 0.1) is 16.4 Å². The normalized spacial score (nSPS) is 16.9. The summed E-state index contributed by atoms with van der Waals surface area (Å²) in [6.07, 6.45) is 8.31. The zero-order chi connectivity index (χ0) is 15.6. The average molecular weight is 328 g/mol. The molecule has 0 radical (unpaired) electrons. The van der Waals surface area contributed by atoms with Crippen LogP contribution in [0.5, 0.6) is 5.75 Å². The van der Waals surface area contributed by atoms with Crippen LogP contribution in [0.2, 0.25) is 0 Å². The molecule has 0 N–H and O–H groups in total. The highest BCUT2D eigenvalue weighted by Gasteiger charge is 2.21. The van der Waals surface area contributed by atoms with E-state index >= 15 is 0 Å². The van der Waals surface area contributed by atoms with Gasteiger partial charge in [-0.25, -0.2) is 0 Å². The first-order valence-electron chi connectivity index (χ1n) is 7.97. The van der Waals surface area contributed by atoms with Crippen molar-refractivity contribution in [3.63, 3.8) is 0 Å². The number of aryl methyl sites for hydroxylation is 1. The van der Waals surface area contributed by atoms with Crippen molar-refractivity contribution >= 4 is 21.6 Å². The number of likely N-dealkylation sites (tertiary alicyclic amines) is 1. The van der Waals surface area contributed by atoms with Gasteiger partial charge in [0, 0.05) is 44.6 Å². The van der Waals surface area contributed by atoms with Crippen molar-refractivity contribution in [3.05, 3.63) is 41.7 Å². The molecule has 0 aromatic carbocycles. The topological polar surface area (TPSA) is 43.2 Å². The van der Waals surface area contributed by atoms with Gasteiger partial charge >= 0.3 is 0 Å². The Labute approximate surface area is 139 Å². The fraction of sp³-hybridized carbons (Fsp3) is 0.412. The maximum Gasteiger partial charge on any atom is 0.140 e. The van der Waals surface area contributed by atoms with Crippen molar-refractivity contribution in [1.82, 2.24) is 19.7 Å². The molecule has 0 unspecified atom stereocenters. The van der Waals surface area contributed by atoms with E-state index in [1.54, 1.807) is 11.3 Å². The first-order valence-corrected chi connectivity index (χ1v) is 8.84. The Balaban J connectivity index is 1.35. The summed E-state index contributed by atoms with van der Waals surface area (Å²) in [6.45, 7) is 3.11. The summed E-state index contributed by atoms with van der Waals surface area (Å²) in [5, 5.41) is 6.31. The Morgan fingerprint density at radius 2 is 2.17 bits per heavy atom. The smallest absolute Gasteiger partial charge is 0.140 e. The lowest BCUT2D eigenvalue weighted by Gasteiger charge is -2.31. The lowest BCUT2D eigenvalue weighted by molar-refractivity contribution is 0.0980. The Hall–Kier alpha value is -1.92. The summed E-state index contributed by atoms with van der Waals surface area (Å²) in [5.41, 5.74) is 2.31. The molecule has 1 aliphatic rings. The van der Waals surface area contributed by atoms with Crippen molar-refractivity contribution < 1.29 is 4.74 Å². The molecule has 1 fully saturated rings. The highest BCUT2D eigenvalue weighted by atomic mass is 32.1. The first kappa shape index (κ1) is 14.7. The molecule has 120 valence electrons. The number of hydrogen-bond acceptors (Lipinski definition) is 5. The minimum atomic E-state index is 0.299. The number of piperidine rings is 1. The van der Waals surface area contributed by atoms with Crippen LogP contribution in [0.1, 0.15) is 18.4 Å².